The molecule has 5 nitrogen and oxygen atoms in total. The standard InChI is InChI=1S/C18H19N3O2/c1-13(22)21-10-8-14-5-2-3-7-16(14)17(21)11-18(23)20-15-6-4-9-19-12-15/h2-7,9,12,17H,8,10-11H2,1H3,(H,20,23)/t17-/m1/s1. The maximum absolute atomic E-state index is 12.4. The molecule has 118 valence electrons. The predicted molar refractivity (Wildman–Crippen MR) is 87.8 cm³/mol. The van der Waals surface area contributed by atoms with Crippen molar-refractivity contribution < 1.29 is 9.59 Å². The summed E-state index contributed by atoms with van der Waals surface area (Å²) in [5, 5.41) is 2.84. The molecule has 1 aromatic heterocycles. The van der Waals surface area contributed by atoms with E-state index in [-0.39, 0.29) is 24.3 Å². The van der Waals surface area contributed by atoms with Crippen LogP contribution in [0.15, 0.2) is 48.8 Å². The summed E-state index contributed by atoms with van der Waals surface area (Å²) in [6, 6.07) is 11.4. The van der Waals surface area contributed by atoms with Crippen LogP contribution in [0.5, 0.6) is 0 Å². The van der Waals surface area contributed by atoms with Crippen molar-refractivity contribution in [1.29, 1.82) is 0 Å². The van der Waals surface area contributed by atoms with Crippen molar-refractivity contribution in [1.82, 2.24) is 9.88 Å². The van der Waals surface area contributed by atoms with Crippen LogP contribution in [0.25, 0.3) is 0 Å². The molecule has 2 heterocycles. The van der Waals surface area contributed by atoms with Gasteiger partial charge in [0.1, 0.15) is 0 Å². The van der Waals surface area contributed by atoms with Gasteiger partial charge in [-0.05, 0) is 29.7 Å². The van der Waals surface area contributed by atoms with Gasteiger partial charge in [0.25, 0.3) is 0 Å². The number of fused-ring (bicyclic) bond motifs is 1. The van der Waals surface area contributed by atoms with E-state index < -0.39 is 0 Å². The third-order valence-electron chi connectivity index (χ3n) is 4.14. The van der Waals surface area contributed by atoms with Crippen LogP contribution in [0, 0.1) is 0 Å². The smallest absolute Gasteiger partial charge is 0.226 e. The normalized spacial score (nSPS) is 16.6. The average Bonchev–Trinajstić information content (AvgIpc) is 2.55. The Kier molecular flexibility index (Phi) is 4.37. The number of hydrogen-bond acceptors (Lipinski definition) is 3. The van der Waals surface area contributed by atoms with Gasteiger partial charge in [-0.3, -0.25) is 14.6 Å². The Morgan fingerprint density at radius 1 is 1.26 bits per heavy atom. The number of carbonyl (C=O) groups is 2. The molecule has 0 unspecified atom stereocenters. The lowest BCUT2D eigenvalue weighted by Gasteiger charge is -2.36. The molecule has 0 fully saturated rings. The zero-order chi connectivity index (χ0) is 16.2. The second-order valence-electron chi connectivity index (χ2n) is 5.67. The van der Waals surface area contributed by atoms with Gasteiger partial charge in [0, 0.05) is 19.7 Å². The summed E-state index contributed by atoms with van der Waals surface area (Å²) in [5.41, 5.74) is 2.94. The summed E-state index contributed by atoms with van der Waals surface area (Å²) in [5.74, 6) is -0.121. The third kappa shape index (κ3) is 3.39. The summed E-state index contributed by atoms with van der Waals surface area (Å²) in [4.78, 5) is 30.1. The lowest BCUT2D eigenvalue weighted by atomic mass is 9.90. The molecule has 1 aliphatic heterocycles. The summed E-state index contributed by atoms with van der Waals surface area (Å²) in [7, 11) is 0. The number of nitrogens with zero attached hydrogens (tertiary/aromatic N) is 2. The molecule has 0 spiro atoms. The second kappa shape index (κ2) is 6.60. The molecule has 0 saturated heterocycles. The first-order valence-electron chi connectivity index (χ1n) is 7.70. The number of aromatic nitrogens is 1. The summed E-state index contributed by atoms with van der Waals surface area (Å²) in [6.45, 7) is 2.21. The van der Waals surface area contributed by atoms with Crippen LogP contribution in [0.2, 0.25) is 0 Å². The van der Waals surface area contributed by atoms with Crippen molar-refractivity contribution >= 4 is 17.5 Å². The Hall–Kier alpha value is -2.69. The number of pyridine rings is 1. The van der Waals surface area contributed by atoms with E-state index in [2.05, 4.69) is 16.4 Å². The second-order valence-corrected chi connectivity index (χ2v) is 5.67. The van der Waals surface area contributed by atoms with Crippen LogP contribution >= 0.6 is 0 Å². The average molecular weight is 309 g/mol. The molecule has 23 heavy (non-hydrogen) atoms. The molecular formula is C18H19N3O2. The number of benzene rings is 1. The summed E-state index contributed by atoms with van der Waals surface area (Å²) < 4.78 is 0. The van der Waals surface area contributed by atoms with E-state index >= 15 is 0 Å². The predicted octanol–water partition coefficient (Wildman–Crippen LogP) is 2.56. The van der Waals surface area contributed by atoms with E-state index in [0.29, 0.717) is 12.2 Å². The Balaban J connectivity index is 1.80. The monoisotopic (exact) mass is 309 g/mol. The first-order chi connectivity index (χ1) is 11.1. The lowest BCUT2D eigenvalue weighted by Crippen LogP contribution is -2.40. The highest BCUT2D eigenvalue weighted by Crippen LogP contribution is 2.32. The molecule has 1 aliphatic rings. The largest absolute Gasteiger partial charge is 0.335 e. The van der Waals surface area contributed by atoms with Gasteiger partial charge in [0.15, 0.2) is 0 Å². The van der Waals surface area contributed by atoms with Gasteiger partial charge >= 0.3 is 0 Å². The van der Waals surface area contributed by atoms with Gasteiger partial charge in [-0.15, -0.1) is 0 Å². The van der Waals surface area contributed by atoms with Crippen molar-refractivity contribution in [3.63, 3.8) is 0 Å². The van der Waals surface area contributed by atoms with Crippen molar-refractivity contribution in [3.05, 3.63) is 59.9 Å². The van der Waals surface area contributed by atoms with Gasteiger partial charge in [-0.2, -0.15) is 0 Å². The topological polar surface area (TPSA) is 62.3 Å². The van der Waals surface area contributed by atoms with Crippen LogP contribution in [0.1, 0.15) is 30.5 Å². The third-order valence-corrected chi connectivity index (χ3v) is 4.14. The van der Waals surface area contributed by atoms with Gasteiger partial charge in [0.2, 0.25) is 11.8 Å². The SMILES string of the molecule is CC(=O)N1CCc2ccccc2[C@H]1CC(=O)Nc1cccnc1. The number of hydrogen-bond donors (Lipinski definition) is 1. The highest BCUT2D eigenvalue weighted by Gasteiger charge is 2.30. The van der Waals surface area contributed by atoms with Crippen molar-refractivity contribution in [2.45, 2.75) is 25.8 Å². The number of amides is 2. The minimum absolute atomic E-state index is 0.00122. The minimum Gasteiger partial charge on any atom is -0.335 e. The fourth-order valence-electron chi connectivity index (χ4n) is 3.07. The van der Waals surface area contributed by atoms with Crippen molar-refractivity contribution in [2.24, 2.45) is 0 Å². The zero-order valence-corrected chi connectivity index (χ0v) is 13.0. The number of carbonyl (C=O) groups excluding carboxylic acids is 2. The Labute approximate surface area is 135 Å². The van der Waals surface area contributed by atoms with Gasteiger partial charge in [-0.1, -0.05) is 24.3 Å². The van der Waals surface area contributed by atoms with Crippen molar-refractivity contribution in [2.75, 3.05) is 11.9 Å². The lowest BCUT2D eigenvalue weighted by molar-refractivity contribution is -0.132. The Bertz CT molecular complexity index is 715. The maximum Gasteiger partial charge on any atom is 0.226 e. The molecule has 0 saturated carbocycles. The molecule has 2 amide bonds. The van der Waals surface area contributed by atoms with Gasteiger partial charge < -0.3 is 10.2 Å². The molecule has 3 rings (SSSR count). The minimum atomic E-state index is -0.214. The summed E-state index contributed by atoms with van der Waals surface area (Å²) in [6.07, 6.45) is 4.34. The number of nitrogens with one attached hydrogen (secondary N) is 1. The van der Waals surface area contributed by atoms with E-state index in [1.165, 1.54) is 5.56 Å². The fraction of sp³-hybridized carbons (Fsp3) is 0.278. The zero-order valence-electron chi connectivity index (χ0n) is 13.0. The molecule has 1 atom stereocenters. The summed E-state index contributed by atoms with van der Waals surface area (Å²) >= 11 is 0. The molecule has 0 aliphatic carbocycles. The Morgan fingerprint density at radius 2 is 2.09 bits per heavy atom. The first-order valence-corrected chi connectivity index (χ1v) is 7.70. The van der Waals surface area contributed by atoms with Crippen LogP contribution in [-0.4, -0.2) is 28.2 Å². The molecular weight excluding hydrogens is 290 g/mol. The van der Waals surface area contributed by atoms with E-state index in [0.717, 1.165) is 12.0 Å². The highest BCUT2D eigenvalue weighted by molar-refractivity contribution is 5.91. The number of anilines is 1. The molecule has 0 bridgehead atoms. The molecule has 0 radical (unpaired) electrons. The highest BCUT2D eigenvalue weighted by atomic mass is 16.2. The van der Waals surface area contributed by atoms with Crippen LogP contribution in [0.4, 0.5) is 5.69 Å². The molecule has 1 aromatic carbocycles. The molecule has 1 N–H and O–H groups in total. The quantitative estimate of drug-likeness (QED) is 0.948. The van der Waals surface area contributed by atoms with Crippen molar-refractivity contribution in [3.8, 4) is 0 Å². The van der Waals surface area contributed by atoms with E-state index in [9.17, 15) is 9.59 Å². The van der Waals surface area contributed by atoms with E-state index in [1.807, 2.05) is 18.2 Å². The fourth-order valence-corrected chi connectivity index (χ4v) is 3.07. The Morgan fingerprint density at radius 3 is 2.83 bits per heavy atom. The molecule has 5 heteroatoms. The first kappa shape index (κ1) is 15.2. The van der Waals surface area contributed by atoms with Gasteiger partial charge in [0.05, 0.1) is 24.3 Å². The van der Waals surface area contributed by atoms with Crippen LogP contribution in [0.3, 0.4) is 0 Å². The number of rotatable bonds is 3. The van der Waals surface area contributed by atoms with E-state index in [4.69, 9.17) is 0 Å². The van der Waals surface area contributed by atoms with Crippen LogP contribution < -0.4 is 5.32 Å². The maximum atomic E-state index is 12.4. The van der Waals surface area contributed by atoms with Crippen LogP contribution in [-0.2, 0) is 16.0 Å². The molecule has 2 aromatic rings. The van der Waals surface area contributed by atoms with Gasteiger partial charge in [-0.25, -0.2) is 0 Å². The van der Waals surface area contributed by atoms with E-state index in [1.54, 1.807) is 36.4 Å².